The Labute approximate surface area is 95.0 Å². The molecule has 84 valence electrons. The second-order valence-electron chi connectivity index (χ2n) is 3.68. The monoisotopic (exact) mass is 231 g/mol. The number of nitrogens with two attached hydrogens (primary N) is 1. The molecular formula is C11H15ClFNO. The first-order chi connectivity index (χ1) is 6.72. The number of hydrogen-bond donors (Lipinski definition) is 1. The fourth-order valence-electron chi connectivity index (χ4n) is 2.00. The van der Waals surface area contributed by atoms with Gasteiger partial charge in [-0.05, 0) is 42.5 Å². The average Bonchev–Trinajstić information content (AvgIpc) is 2.17. The minimum absolute atomic E-state index is 0. The lowest BCUT2D eigenvalue weighted by atomic mass is 9.88. The Hall–Kier alpha value is -0.800. The number of halogens is 2. The number of fused-ring (bicyclic) bond motifs is 1. The lowest BCUT2D eigenvalue weighted by molar-refractivity contribution is 0.383. The molecular weight excluding hydrogens is 217 g/mol. The van der Waals surface area contributed by atoms with Crippen LogP contribution in [0.2, 0.25) is 0 Å². The normalized spacial score (nSPS) is 19.0. The van der Waals surface area contributed by atoms with Crippen LogP contribution in [0.3, 0.4) is 0 Å². The highest BCUT2D eigenvalue weighted by Gasteiger charge is 2.19. The highest BCUT2D eigenvalue weighted by Crippen LogP contribution is 2.32. The van der Waals surface area contributed by atoms with Crippen LogP contribution < -0.4 is 10.5 Å². The van der Waals surface area contributed by atoms with Crippen LogP contribution >= 0.6 is 12.4 Å². The third-order valence-corrected chi connectivity index (χ3v) is 2.77. The smallest absolute Gasteiger partial charge is 0.165 e. The van der Waals surface area contributed by atoms with E-state index in [-0.39, 0.29) is 24.3 Å². The maximum Gasteiger partial charge on any atom is 0.165 e. The van der Waals surface area contributed by atoms with Crippen LogP contribution in [-0.4, -0.2) is 7.11 Å². The molecule has 0 fully saturated rings. The van der Waals surface area contributed by atoms with Crippen LogP contribution in [0, 0.1) is 5.82 Å². The number of aryl methyl sites for hydroxylation is 1. The minimum Gasteiger partial charge on any atom is -0.494 e. The molecule has 0 spiro atoms. The van der Waals surface area contributed by atoms with Gasteiger partial charge in [-0.1, -0.05) is 0 Å². The van der Waals surface area contributed by atoms with Crippen molar-refractivity contribution in [1.29, 1.82) is 0 Å². The van der Waals surface area contributed by atoms with Crippen molar-refractivity contribution in [3.63, 3.8) is 0 Å². The van der Waals surface area contributed by atoms with E-state index in [4.69, 9.17) is 10.5 Å². The van der Waals surface area contributed by atoms with Crippen molar-refractivity contribution in [2.75, 3.05) is 7.11 Å². The molecule has 2 N–H and O–H groups in total. The van der Waals surface area contributed by atoms with Crippen LogP contribution in [0.4, 0.5) is 4.39 Å². The summed E-state index contributed by atoms with van der Waals surface area (Å²) in [6.07, 6.45) is 2.94. The largest absolute Gasteiger partial charge is 0.494 e. The molecule has 0 heterocycles. The second kappa shape index (κ2) is 4.81. The molecule has 0 aromatic heterocycles. The van der Waals surface area contributed by atoms with E-state index in [1.54, 1.807) is 12.1 Å². The van der Waals surface area contributed by atoms with Gasteiger partial charge in [0.25, 0.3) is 0 Å². The minimum atomic E-state index is -0.291. The molecule has 0 saturated heterocycles. The van der Waals surface area contributed by atoms with Gasteiger partial charge in [0.15, 0.2) is 11.6 Å². The number of rotatable bonds is 1. The molecule has 0 amide bonds. The van der Waals surface area contributed by atoms with Crippen LogP contribution in [0.1, 0.15) is 30.0 Å². The van der Waals surface area contributed by atoms with Crippen LogP contribution in [0.5, 0.6) is 5.75 Å². The summed E-state index contributed by atoms with van der Waals surface area (Å²) < 4.78 is 18.3. The zero-order valence-corrected chi connectivity index (χ0v) is 9.44. The number of ether oxygens (including phenoxy) is 1. The highest BCUT2D eigenvalue weighted by atomic mass is 35.5. The summed E-state index contributed by atoms with van der Waals surface area (Å²) in [5.41, 5.74) is 8.01. The maximum atomic E-state index is 13.3. The third kappa shape index (κ3) is 2.24. The van der Waals surface area contributed by atoms with Gasteiger partial charge in [-0.25, -0.2) is 4.39 Å². The Bertz CT molecular complexity index is 357. The van der Waals surface area contributed by atoms with Crippen molar-refractivity contribution < 1.29 is 9.13 Å². The average molecular weight is 232 g/mol. The number of hydrogen-bond acceptors (Lipinski definition) is 2. The Morgan fingerprint density at radius 2 is 2.20 bits per heavy atom. The molecule has 2 nitrogen and oxygen atoms in total. The lowest BCUT2D eigenvalue weighted by Gasteiger charge is -2.22. The van der Waals surface area contributed by atoms with E-state index in [1.165, 1.54) is 7.11 Å². The molecule has 1 aromatic rings. The van der Waals surface area contributed by atoms with Crippen molar-refractivity contribution >= 4 is 12.4 Å². The first kappa shape index (κ1) is 12.3. The molecule has 15 heavy (non-hydrogen) atoms. The Balaban J connectivity index is 0.00000112. The molecule has 0 radical (unpaired) electrons. The topological polar surface area (TPSA) is 35.2 Å². The summed E-state index contributed by atoms with van der Waals surface area (Å²) in [7, 11) is 1.47. The van der Waals surface area contributed by atoms with Crippen molar-refractivity contribution in [3.05, 3.63) is 29.1 Å². The summed E-state index contributed by atoms with van der Waals surface area (Å²) in [6, 6.07) is 3.31. The Morgan fingerprint density at radius 3 is 2.87 bits per heavy atom. The van der Waals surface area contributed by atoms with Gasteiger partial charge in [-0.2, -0.15) is 0 Å². The Morgan fingerprint density at radius 1 is 1.47 bits per heavy atom. The predicted octanol–water partition coefficient (Wildman–Crippen LogP) is 2.59. The van der Waals surface area contributed by atoms with Gasteiger partial charge in [0.05, 0.1) is 7.11 Å². The third-order valence-electron chi connectivity index (χ3n) is 2.77. The standard InChI is InChI=1S/C11H14FNO.ClH/c1-14-11-6-8-7(5-9(11)12)3-2-4-10(8)13;/h5-6,10H,2-4,13H2,1H3;1H. The molecule has 0 bridgehead atoms. The first-order valence-electron chi connectivity index (χ1n) is 4.84. The van der Waals surface area contributed by atoms with Crippen LogP contribution in [0.15, 0.2) is 12.1 Å². The second-order valence-corrected chi connectivity index (χ2v) is 3.68. The molecule has 1 unspecified atom stereocenters. The highest BCUT2D eigenvalue weighted by molar-refractivity contribution is 5.85. The van der Waals surface area contributed by atoms with Gasteiger partial charge in [0.2, 0.25) is 0 Å². The van der Waals surface area contributed by atoms with E-state index in [9.17, 15) is 4.39 Å². The molecule has 1 aliphatic carbocycles. The van der Waals surface area contributed by atoms with Gasteiger partial charge in [-0.3, -0.25) is 0 Å². The Kier molecular flexibility index (Phi) is 3.94. The molecule has 1 atom stereocenters. The first-order valence-corrected chi connectivity index (χ1v) is 4.84. The summed E-state index contributed by atoms with van der Waals surface area (Å²) in [6.45, 7) is 0. The summed E-state index contributed by atoms with van der Waals surface area (Å²) in [5, 5.41) is 0. The summed E-state index contributed by atoms with van der Waals surface area (Å²) in [5.74, 6) is 0.00134. The molecule has 0 aliphatic heterocycles. The van der Waals surface area contributed by atoms with Crippen molar-refractivity contribution in [2.24, 2.45) is 5.73 Å². The quantitative estimate of drug-likeness (QED) is 0.807. The maximum absolute atomic E-state index is 13.3. The summed E-state index contributed by atoms with van der Waals surface area (Å²) in [4.78, 5) is 0. The van der Waals surface area contributed by atoms with Crippen molar-refractivity contribution in [1.82, 2.24) is 0 Å². The van der Waals surface area contributed by atoms with E-state index in [2.05, 4.69) is 0 Å². The molecule has 2 rings (SSSR count). The predicted molar refractivity (Wildman–Crippen MR) is 60.1 cm³/mol. The van der Waals surface area contributed by atoms with E-state index in [1.807, 2.05) is 0 Å². The van der Waals surface area contributed by atoms with E-state index >= 15 is 0 Å². The van der Waals surface area contributed by atoms with Gasteiger partial charge in [0.1, 0.15) is 0 Å². The van der Waals surface area contributed by atoms with Crippen molar-refractivity contribution in [3.8, 4) is 5.75 Å². The van der Waals surface area contributed by atoms with E-state index < -0.39 is 0 Å². The van der Waals surface area contributed by atoms with Crippen LogP contribution in [-0.2, 0) is 6.42 Å². The number of methoxy groups -OCH3 is 1. The van der Waals surface area contributed by atoms with Gasteiger partial charge in [0, 0.05) is 6.04 Å². The van der Waals surface area contributed by atoms with E-state index in [0.29, 0.717) is 5.75 Å². The van der Waals surface area contributed by atoms with Gasteiger partial charge >= 0.3 is 0 Å². The van der Waals surface area contributed by atoms with Gasteiger partial charge in [-0.15, -0.1) is 12.4 Å². The SMILES string of the molecule is COc1cc2c(cc1F)CCCC2N.Cl. The summed E-state index contributed by atoms with van der Waals surface area (Å²) >= 11 is 0. The fraction of sp³-hybridized carbons (Fsp3) is 0.455. The van der Waals surface area contributed by atoms with E-state index in [0.717, 1.165) is 30.4 Å². The molecule has 1 aromatic carbocycles. The lowest BCUT2D eigenvalue weighted by Crippen LogP contribution is -2.17. The van der Waals surface area contributed by atoms with Crippen molar-refractivity contribution in [2.45, 2.75) is 25.3 Å². The number of benzene rings is 1. The zero-order chi connectivity index (χ0) is 10.1. The zero-order valence-electron chi connectivity index (χ0n) is 8.63. The van der Waals surface area contributed by atoms with Crippen LogP contribution in [0.25, 0.3) is 0 Å². The van der Waals surface area contributed by atoms with Gasteiger partial charge < -0.3 is 10.5 Å². The molecule has 4 heteroatoms. The molecule has 0 saturated carbocycles. The fourth-order valence-corrected chi connectivity index (χ4v) is 2.00. The molecule has 1 aliphatic rings.